The van der Waals surface area contributed by atoms with Crippen molar-refractivity contribution >= 4 is 43.7 Å². The molecule has 0 radical (unpaired) electrons. The molecule has 0 heterocycles. The molecule has 0 fully saturated rings. The first-order chi connectivity index (χ1) is 11.0. The summed E-state index contributed by atoms with van der Waals surface area (Å²) in [5, 5.41) is 7.17. The summed E-state index contributed by atoms with van der Waals surface area (Å²) in [4.78, 5) is 5.45. The van der Waals surface area contributed by atoms with Gasteiger partial charge in [-0.1, -0.05) is 31.8 Å². The molecular formula is C8H17N7O4S4. The van der Waals surface area contributed by atoms with Crippen molar-refractivity contribution in [3.05, 3.63) is 20.9 Å². The molecule has 0 spiro atoms. The van der Waals surface area contributed by atoms with Crippen LogP contribution in [0.5, 0.6) is 0 Å². The van der Waals surface area contributed by atoms with Gasteiger partial charge in [-0.3, -0.25) is 0 Å². The number of hydrogen-bond donors (Lipinski definition) is 2. The van der Waals surface area contributed by atoms with Gasteiger partial charge in [-0.05, 0) is 23.9 Å². The summed E-state index contributed by atoms with van der Waals surface area (Å²) in [5.74, 6) is 5.92. The topological polar surface area (TPSA) is 187 Å². The Morgan fingerprint density at radius 1 is 1.09 bits per heavy atom. The fraction of sp³-hybridized carbons (Fsp3) is 1.00. The predicted octanol–water partition coefficient (Wildman–Crippen LogP) is 2.28. The minimum Gasteiger partial charge on any atom is -0.306 e. The molecule has 0 aliphatic carbocycles. The van der Waals surface area contributed by atoms with E-state index in [4.69, 9.17) is 21.5 Å². The molecule has 4 unspecified atom stereocenters. The molecule has 0 aliphatic heterocycles. The summed E-state index contributed by atoms with van der Waals surface area (Å²) in [6.07, 6.45) is 0.679. The lowest BCUT2D eigenvalue weighted by molar-refractivity contribution is 0.366. The Labute approximate surface area is 146 Å². The van der Waals surface area contributed by atoms with Gasteiger partial charge >= 0.3 is 0 Å². The lowest BCUT2D eigenvalue weighted by Gasteiger charge is -2.11. The third-order valence-electron chi connectivity index (χ3n) is 2.38. The van der Waals surface area contributed by atoms with Gasteiger partial charge in [-0.15, -0.1) is 0 Å². The van der Waals surface area contributed by atoms with E-state index in [0.29, 0.717) is 24.3 Å². The van der Waals surface area contributed by atoms with E-state index in [1.54, 1.807) is 0 Å². The van der Waals surface area contributed by atoms with Crippen molar-refractivity contribution in [2.75, 3.05) is 23.0 Å². The highest BCUT2D eigenvalue weighted by Gasteiger charge is 2.12. The maximum atomic E-state index is 11.1. The standard InChI is InChI=1S/C8H17N7O4S4/c9-14-12-7(1-3-22(16)17)5-20-21-6-8(13-15-10)2-4-23(18)19-11/h7-8H,1-6,11H2,(H,16,17). The molecule has 0 saturated heterocycles. The van der Waals surface area contributed by atoms with Crippen LogP contribution in [0.25, 0.3) is 20.9 Å². The monoisotopic (exact) mass is 403 g/mol. The number of hydrogen-bond acceptors (Lipinski definition) is 8. The highest BCUT2D eigenvalue weighted by atomic mass is 33.1. The Balaban J connectivity index is 4.14. The lowest BCUT2D eigenvalue weighted by atomic mass is 10.3. The van der Waals surface area contributed by atoms with Crippen molar-refractivity contribution in [3.63, 3.8) is 0 Å². The van der Waals surface area contributed by atoms with Crippen LogP contribution in [-0.4, -0.2) is 48.1 Å². The highest BCUT2D eigenvalue weighted by Crippen LogP contribution is 2.26. The normalized spacial score (nSPS) is 15.7. The fourth-order valence-corrected chi connectivity index (χ4v) is 4.79. The minimum atomic E-state index is -1.92. The van der Waals surface area contributed by atoms with E-state index in [0.717, 1.165) is 0 Å². The molecule has 0 aromatic heterocycles. The van der Waals surface area contributed by atoms with E-state index in [1.165, 1.54) is 21.6 Å². The third-order valence-corrected chi connectivity index (χ3v) is 6.28. The minimum absolute atomic E-state index is 0.0428. The van der Waals surface area contributed by atoms with Gasteiger partial charge in [0.05, 0.1) is 5.75 Å². The zero-order chi connectivity index (χ0) is 17.5. The van der Waals surface area contributed by atoms with Crippen molar-refractivity contribution in [3.8, 4) is 0 Å². The summed E-state index contributed by atoms with van der Waals surface area (Å²) >= 11 is -3.53. The Bertz CT molecular complexity index is 483. The smallest absolute Gasteiger partial charge is 0.172 e. The molecule has 0 aromatic carbocycles. The highest BCUT2D eigenvalue weighted by molar-refractivity contribution is 8.76. The first kappa shape index (κ1) is 22.5. The van der Waals surface area contributed by atoms with E-state index < -0.39 is 22.2 Å². The zero-order valence-corrected chi connectivity index (χ0v) is 15.2. The SMILES string of the molecule is [N-]=[N+]=NC(CCS(=O)O)CSSCC(CCS(=O)ON)N=[N+]=[N-]. The second-order valence-corrected chi connectivity index (χ2v) is 8.81. The largest absolute Gasteiger partial charge is 0.306 e. The first-order valence-corrected chi connectivity index (χ1v) is 11.2. The van der Waals surface area contributed by atoms with E-state index in [9.17, 15) is 8.42 Å². The Morgan fingerprint density at radius 3 is 1.96 bits per heavy atom. The van der Waals surface area contributed by atoms with Gasteiger partial charge in [-0.25, -0.2) is 12.7 Å². The molecule has 4 atom stereocenters. The molecule has 0 aromatic rings. The van der Waals surface area contributed by atoms with Crippen LogP contribution in [0.3, 0.4) is 0 Å². The van der Waals surface area contributed by atoms with Crippen molar-refractivity contribution < 1.29 is 17.3 Å². The van der Waals surface area contributed by atoms with Crippen LogP contribution < -0.4 is 5.90 Å². The molecule has 15 heteroatoms. The van der Waals surface area contributed by atoms with Gasteiger partial charge in [0.1, 0.15) is 0 Å². The summed E-state index contributed by atoms with van der Waals surface area (Å²) < 4.78 is 34.6. The Hall–Kier alpha value is -0.500. The van der Waals surface area contributed by atoms with Crippen LogP contribution in [-0.2, 0) is 26.4 Å². The number of rotatable bonds is 14. The van der Waals surface area contributed by atoms with Crippen molar-refractivity contribution in [2.45, 2.75) is 24.9 Å². The zero-order valence-electron chi connectivity index (χ0n) is 12.0. The van der Waals surface area contributed by atoms with E-state index >= 15 is 0 Å². The van der Waals surface area contributed by atoms with Gasteiger partial charge in [0.25, 0.3) is 0 Å². The Morgan fingerprint density at radius 2 is 1.57 bits per heavy atom. The van der Waals surface area contributed by atoms with Crippen LogP contribution in [0, 0.1) is 0 Å². The average Bonchev–Trinajstić information content (AvgIpc) is 2.53. The molecule has 11 nitrogen and oxygen atoms in total. The third kappa shape index (κ3) is 13.6. The number of azide groups is 2. The van der Waals surface area contributed by atoms with E-state index in [2.05, 4.69) is 24.3 Å². The van der Waals surface area contributed by atoms with Gasteiger partial charge in [0.2, 0.25) is 0 Å². The van der Waals surface area contributed by atoms with Gasteiger partial charge in [0.15, 0.2) is 22.2 Å². The summed E-state index contributed by atoms with van der Waals surface area (Å²) in [5.41, 5.74) is 17.0. The van der Waals surface area contributed by atoms with Gasteiger partial charge in [0, 0.05) is 39.2 Å². The van der Waals surface area contributed by atoms with Gasteiger partial charge in [-0.2, -0.15) is 5.90 Å². The van der Waals surface area contributed by atoms with Crippen LogP contribution >= 0.6 is 21.6 Å². The molecule has 0 rings (SSSR count). The van der Waals surface area contributed by atoms with E-state index in [1.807, 2.05) is 0 Å². The second-order valence-electron chi connectivity index (χ2n) is 3.99. The first-order valence-electron chi connectivity index (χ1n) is 6.19. The van der Waals surface area contributed by atoms with Crippen LogP contribution in [0.2, 0.25) is 0 Å². The number of nitrogens with zero attached hydrogens (tertiary/aromatic N) is 6. The van der Waals surface area contributed by atoms with Crippen LogP contribution in [0.15, 0.2) is 10.2 Å². The van der Waals surface area contributed by atoms with E-state index in [-0.39, 0.29) is 23.6 Å². The second kappa shape index (κ2) is 15.1. The summed E-state index contributed by atoms with van der Waals surface area (Å²) in [7, 11) is 2.81. The molecule has 132 valence electrons. The van der Waals surface area contributed by atoms with Crippen molar-refractivity contribution in [1.29, 1.82) is 0 Å². The van der Waals surface area contributed by atoms with Gasteiger partial charge < -0.3 is 4.55 Å². The average molecular weight is 404 g/mol. The molecule has 0 saturated carbocycles. The number of nitrogens with two attached hydrogens (primary N) is 1. The quantitative estimate of drug-likeness (QED) is 0.0845. The lowest BCUT2D eigenvalue weighted by Crippen LogP contribution is -2.15. The fourth-order valence-electron chi connectivity index (χ4n) is 1.27. The molecular weight excluding hydrogens is 386 g/mol. The summed E-state index contributed by atoms with van der Waals surface area (Å²) in [6.45, 7) is 0. The summed E-state index contributed by atoms with van der Waals surface area (Å²) in [6, 6.07) is -0.746. The molecule has 0 amide bonds. The molecule has 3 N–H and O–H groups in total. The Kier molecular flexibility index (Phi) is 14.7. The molecule has 23 heavy (non-hydrogen) atoms. The van der Waals surface area contributed by atoms with Crippen molar-refractivity contribution in [2.24, 2.45) is 16.1 Å². The maximum absolute atomic E-state index is 11.1. The maximum Gasteiger partial charge on any atom is 0.172 e. The molecule has 0 bridgehead atoms. The van der Waals surface area contributed by atoms with Crippen LogP contribution in [0.1, 0.15) is 12.8 Å². The predicted molar refractivity (Wildman–Crippen MR) is 93.9 cm³/mol. The van der Waals surface area contributed by atoms with Crippen LogP contribution in [0.4, 0.5) is 0 Å². The van der Waals surface area contributed by atoms with Crippen molar-refractivity contribution in [1.82, 2.24) is 0 Å². The molecule has 0 aliphatic rings.